The molecule has 174 valence electrons. The number of nitrogens with one attached hydrogen (secondary N) is 1. The Morgan fingerprint density at radius 2 is 1.91 bits per heavy atom. The Bertz CT molecular complexity index is 1030. The smallest absolute Gasteiger partial charge is 0.213 e. The van der Waals surface area contributed by atoms with Crippen molar-refractivity contribution in [3.8, 4) is 5.88 Å². The Balaban J connectivity index is 1.34. The molecule has 0 atom stereocenters. The second-order valence-corrected chi connectivity index (χ2v) is 8.69. The molecule has 9 heteroatoms. The molecular formula is C24H29N5O3S. The van der Waals surface area contributed by atoms with Gasteiger partial charge in [0.15, 0.2) is 5.82 Å². The van der Waals surface area contributed by atoms with Gasteiger partial charge in [0.25, 0.3) is 0 Å². The molecule has 1 aromatic carbocycles. The Morgan fingerprint density at radius 1 is 1.03 bits per heavy atom. The number of methoxy groups -OCH3 is 1. The third-order valence-corrected chi connectivity index (χ3v) is 6.26. The van der Waals surface area contributed by atoms with Crippen LogP contribution < -0.4 is 15.0 Å². The van der Waals surface area contributed by atoms with E-state index in [2.05, 4.69) is 43.4 Å². The first-order valence-corrected chi connectivity index (χ1v) is 11.9. The number of rotatable bonds is 12. The van der Waals surface area contributed by atoms with E-state index in [1.807, 2.05) is 12.1 Å². The van der Waals surface area contributed by atoms with Gasteiger partial charge >= 0.3 is 0 Å². The normalized spacial score (nSPS) is 12.2. The number of benzene rings is 1. The summed E-state index contributed by atoms with van der Waals surface area (Å²) in [6, 6.07) is 10.3. The number of anilines is 3. The lowest BCUT2D eigenvalue weighted by molar-refractivity contribution is 0.204. The van der Waals surface area contributed by atoms with Gasteiger partial charge in [-0.3, -0.25) is 4.90 Å². The van der Waals surface area contributed by atoms with Gasteiger partial charge in [-0.2, -0.15) is 0 Å². The number of aliphatic hydroxyl groups excluding tert-OH is 1. The molecule has 33 heavy (non-hydrogen) atoms. The zero-order chi connectivity index (χ0) is 22.9. The minimum Gasteiger partial charge on any atom is -0.478 e. The van der Waals surface area contributed by atoms with E-state index in [0.29, 0.717) is 25.8 Å². The van der Waals surface area contributed by atoms with Crippen molar-refractivity contribution in [2.75, 3.05) is 37.3 Å². The van der Waals surface area contributed by atoms with Crippen LogP contribution in [-0.4, -0.2) is 47.1 Å². The van der Waals surface area contributed by atoms with Gasteiger partial charge < -0.3 is 19.9 Å². The Kier molecular flexibility index (Phi) is 8.35. The second kappa shape index (κ2) is 11.8. The van der Waals surface area contributed by atoms with E-state index in [4.69, 9.17) is 14.6 Å². The number of nitrogens with zero attached hydrogens (tertiary/aromatic N) is 4. The fourth-order valence-corrected chi connectivity index (χ4v) is 4.53. The van der Waals surface area contributed by atoms with Crippen molar-refractivity contribution < 1.29 is 14.6 Å². The maximum Gasteiger partial charge on any atom is 0.213 e. The van der Waals surface area contributed by atoms with Crippen LogP contribution in [0.2, 0.25) is 0 Å². The number of unbranched alkanes of at least 4 members (excludes halogenated alkanes) is 3. The number of aromatic nitrogens is 3. The lowest BCUT2D eigenvalue weighted by atomic mass is 10.1. The van der Waals surface area contributed by atoms with E-state index in [1.165, 1.54) is 0 Å². The molecule has 2 N–H and O–H groups in total. The fraction of sp³-hybridized carbons (Fsp3) is 0.375. The molecule has 2 aromatic heterocycles. The molecule has 0 bridgehead atoms. The standard InChI is InChI=1S/C24H29N5O3S/c1-31-17-29-20-14-18(6-8-21(20)33-24-23(29)25-10-11-26-24)15-27-19-7-9-22(28-16-19)32-13-5-3-2-4-12-30/h6-11,14,16,27,30H,2-5,12-13,15,17H2,1H3. The van der Waals surface area contributed by atoms with Crippen LogP contribution in [0.4, 0.5) is 17.2 Å². The number of pyridine rings is 1. The zero-order valence-corrected chi connectivity index (χ0v) is 19.6. The van der Waals surface area contributed by atoms with Gasteiger partial charge in [-0.25, -0.2) is 15.0 Å². The topological polar surface area (TPSA) is 92.6 Å². The number of hydrogen-bond donors (Lipinski definition) is 2. The van der Waals surface area contributed by atoms with Crippen LogP contribution in [0.5, 0.6) is 5.88 Å². The van der Waals surface area contributed by atoms with Gasteiger partial charge in [0.2, 0.25) is 5.88 Å². The minimum absolute atomic E-state index is 0.259. The highest BCUT2D eigenvalue weighted by Crippen LogP contribution is 2.46. The summed E-state index contributed by atoms with van der Waals surface area (Å²) in [4.78, 5) is 16.5. The molecule has 3 heterocycles. The first-order chi connectivity index (χ1) is 16.3. The number of hydrogen-bond acceptors (Lipinski definition) is 9. The molecule has 0 spiro atoms. The van der Waals surface area contributed by atoms with Crippen LogP contribution in [0.15, 0.2) is 58.8 Å². The molecule has 0 saturated heterocycles. The molecule has 4 rings (SSSR count). The minimum atomic E-state index is 0.259. The highest BCUT2D eigenvalue weighted by atomic mass is 32.2. The molecule has 0 aliphatic carbocycles. The van der Waals surface area contributed by atoms with Crippen molar-refractivity contribution in [3.63, 3.8) is 0 Å². The largest absolute Gasteiger partial charge is 0.478 e. The van der Waals surface area contributed by atoms with E-state index < -0.39 is 0 Å². The van der Waals surface area contributed by atoms with E-state index in [-0.39, 0.29) is 6.61 Å². The fourth-order valence-electron chi connectivity index (χ4n) is 3.54. The summed E-state index contributed by atoms with van der Waals surface area (Å²) < 4.78 is 11.1. The molecule has 0 unspecified atom stereocenters. The molecule has 0 fully saturated rings. The summed E-state index contributed by atoms with van der Waals surface area (Å²) in [5.41, 5.74) is 3.14. The van der Waals surface area contributed by atoms with Crippen LogP contribution >= 0.6 is 11.8 Å². The van der Waals surface area contributed by atoms with Crippen LogP contribution in [-0.2, 0) is 11.3 Å². The van der Waals surface area contributed by atoms with E-state index >= 15 is 0 Å². The summed E-state index contributed by atoms with van der Waals surface area (Å²) in [6.07, 6.45) is 9.11. The number of aliphatic hydroxyl groups is 1. The number of ether oxygens (including phenoxy) is 2. The summed E-state index contributed by atoms with van der Waals surface area (Å²) in [7, 11) is 1.68. The lowest BCUT2D eigenvalue weighted by Crippen LogP contribution is -2.24. The average Bonchev–Trinajstić information content (AvgIpc) is 2.85. The highest BCUT2D eigenvalue weighted by molar-refractivity contribution is 7.99. The van der Waals surface area contributed by atoms with Crippen LogP contribution in [0, 0.1) is 0 Å². The van der Waals surface area contributed by atoms with E-state index in [1.54, 1.807) is 37.5 Å². The molecule has 0 saturated carbocycles. The van der Waals surface area contributed by atoms with Crippen molar-refractivity contribution >= 4 is 29.0 Å². The predicted molar refractivity (Wildman–Crippen MR) is 129 cm³/mol. The molecule has 1 aliphatic heterocycles. The third kappa shape index (κ3) is 6.13. The maximum absolute atomic E-state index is 8.80. The van der Waals surface area contributed by atoms with E-state index in [0.717, 1.165) is 58.4 Å². The van der Waals surface area contributed by atoms with Gasteiger partial charge in [-0.1, -0.05) is 24.2 Å². The Hall–Kier alpha value is -2.88. The second-order valence-electron chi connectivity index (χ2n) is 7.66. The third-order valence-electron chi connectivity index (χ3n) is 5.22. The van der Waals surface area contributed by atoms with Crippen molar-refractivity contribution in [2.45, 2.75) is 42.1 Å². The molecular weight excluding hydrogens is 438 g/mol. The summed E-state index contributed by atoms with van der Waals surface area (Å²) >= 11 is 1.62. The van der Waals surface area contributed by atoms with Crippen LogP contribution in [0.25, 0.3) is 0 Å². The number of fused-ring (bicyclic) bond motifs is 2. The highest BCUT2D eigenvalue weighted by Gasteiger charge is 2.25. The summed E-state index contributed by atoms with van der Waals surface area (Å²) in [5.74, 6) is 1.44. The first kappa shape index (κ1) is 23.3. The lowest BCUT2D eigenvalue weighted by Gasteiger charge is -2.30. The van der Waals surface area contributed by atoms with E-state index in [9.17, 15) is 0 Å². The molecule has 0 radical (unpaired) electrons. The van der Waals surface area contributed by atoms with Gasteiger partial charge in [0.1, 0.15) is 11.8 Å². The first-order valence-electron chi connectivity index (χ1n) is 11.1. The van der Waals surface area contributed by atoms with Crippen molar-refractivity contribution in [1.29, 1.82) is 0 Å². The van der Waals surface area contributed by atoms with Gasteiger partial charge in [-0.15, -0.1) is 0 Å². The SMILES string of the molecule is COCN1c2cc(CNc3ccc(OCCCCCCO)nc3)ccc2Sc2nccnc21. The summed E-state index contributed by atoms with van der Waals surface area (Å²) in [6.45, 7) is 1.97. The maximum atomic E-state index is 8.80. The van der Waals surface area contributed by atoms with Crippen LogP contribution in [0.1, 0.15) is 31.2 Å². The molecule has 3 aromatic rings. The predicted octanol–water partition coefficient (Wildman–Crippen LogP) is 4.62. The van der Waals surface area contributed by atoms with Crippen molar-refractivity contribution in [3.05, 3.63) is 54.5 Å². The molecule has 8 nitrogen and oxygen atoms in total. The Labute approximate surface area is 198 Å². The monoisotopic (exact) mass is 467 g/mol. The molecule has 1 aliphatic rings. The quantitative estimate of drug-likeness (QED) is 0.370. The summed E-state index contributed by atoms with van der Waals surface area (Å²) in [5, 5.41) is 13.1. The Morgan fingerprint density at radius 3 is 2.73 bits per heavy atom. The van der Waals surface area contributed by atoms with Crippen molar-refractivity contribution in [2.24, 2.45) is 0 Å². The van der Waals surface area contributed by atoms with Gasteiger partial charge in [-0.05, 0) is 43.0 Å². The van der Waals surface area contributed by atoms with Gasteiger partial charge in [0, 0.05) is 43.6 Å². The average molecular weight is 468 g/mol. The van der Waals surface area contributed by atoms with Crippen molar-refractivity contribution in [1.82, 2.24) is 15.0 Å². The van der Waals surface area contributed by atoms with Gasteiger partial charge in [0.05, 0.1) is 24.2 Å². The zero-order valence-electron chi connectivity index (χ0n) is 18.7. The van der Waals surface area contributed by atoms with Crippen LogP contribution in [0.3, 0.4) is 0 Å². The molecule has 0 amide bonds.